The van der Waals surface area contributed by atoms with Gasteiger partial charge in [-0.05, 0) is 35.6 Å². The number of hydrogen-bond donors (Lipinski definition) is 0. The zero-order valence-corrected chi connectivity index (χ0v) is 8.13. The van der Waals surface area contributed by atoms with E-state index in [0.29, 0.717) is 6.61 Å². The average molecular weight is 267 g/mol. The second-order valence-corrected chi connectivity index (χ2v) is 3.01. The number of hydrogen-bond acceptors (Lipinski definition) is 2. The zero-order valence-electron chi connectivity index (χ0n) is 5.97. The molecule has 0 aliphatic rings. The summed E-state index contributed by atoms with van der Waals surface area (Å²) < 4.78 is 18.6. The minimum absolute atomic E-state index is 0.246. The summed E-state index contributed by atoms with van der Waals surface area (Å²) in [6, 6.07) is 1.70. The van der Waals surface area contributed by atoms with Crippen LogP contribution >= 0.6 is 22.6 Å². The maximum Gasteiger partial charge on any atom is 0.256 e. The molecule has 0 amide bonds. The number of aromatic nitrogens is 1. The van der Waals surface area contributed by atoms with Gasteiger partial charge < -0.3 is 4.74 Å². The van der Waals surface area contributed by atoms with E-state index in [4.69, 9.17) is 4.74 Å². The molecule has 1 aromatic heterocycles. The van der Waals surface area contributed by atoms with Gasteiger partial charge in [-0.2, -0.15) is 4.39 Å². The fourth-order valence-corrected chi connectivity index (χ4v) is 1.21. The van der Waals surface area contributed by atoms with Crippen molar-refractivity contribution in [1.82, 2.24) is 4.98 Å². The fraction of sp³-hybridized carbons (Fsp3) is 0.286. The molecule has 0 saturated heterocycles. The van der Waals surface area contributed by atoms with Gasteiger partial charge in [-0.3, -0.25) is 0 Å². The number of ether oxygens (including phenoxy) is 1. The molecule has 0 radical (unpaired) electrons. The fourth-order valence-electron chi connectivity index (χ4n) is 0.674. The van der Waals surface area contributed by atoms with Crippen LogP contribution in [0.4, 0.5) is 4.39 Å². The van der Waals surface area contributed by atoms with Crippen molar-refractivity contribution in [2.45, 2.75) is 6.92 Å². The Kier molecular flexibility index (Phi) is 3.04. The van der Waals surface area contributed by atoms with Gasteiger partial charge in [0.15, 0.2) is 5.75 Å². The van der Waals surface area contributed by atoms with E-state index in [9.17, 15) is 4.39 Å². The Morgan fingerprint density at radius 1 is 1.73 bits per heavy atom. The summed E-state index contributed by atoms with van der Waals surface area (Å²) in [6.07, 6.45) is 1.42. The van der Waals surface area contributed by atoms with Crippen molar-refractivity contribution in [3.05, 3.63) is 21.8 Å². The molecular formula is C7H7FINO. The van der Waals surface area contributed by atoms with Gasteiger partial charge in [-0.15, -0.1) is 0 Å². The maximum absolute atomic E-state index is 12.8. The van der Waals surface area contributed by atoms with Gasteiger partial charge in [-0.1, -0.05) is 0 Å². The second-order valence-electron chi connectivity index (χ2n) is 1.85. The van der Waals surface area contributed by atoms with Crippen molar-refractivity contribution >= 4 is 22.6 Å². The molecule has 0 aliphatic heterocycles. The monoisotopic (exact) mass is 267 g/mol. The molecular weight excluding hydrogens is 260 g/mol. The van der Waals surface area contributed by atoms with Crippen LogP contribution in [-0.4, -0.2) is 11.6 Å². The van der Waals surface area contributed by atoms with Crippen molar-refractivity contribution in [1.29, 1.82) is 0 Å². The highest BCUT2D eigenvalue weighted by atomic mass is 127. The summed E-state index contributed by atoms with van der Waals surface area (Å²) in [5.41, 5.74) is 0. The third-order valence-corrected chi connectivity index (χ3v) is 1.95. The molecule has 0 aromatic carbocycles. The first-order valence-corrected chi connectivity index (χ1v) is 4.26. The van der Waals surface area contributed by atoms with Gasteiger partial charge >= 0.3 is 0 Å². The van der Waals surface area contributed by atoms with E-state index in [2.05, 4.69) is 4.98 Å². The van der Waals surface area contributed by atoms with Gasteiger partial charge in [0.25, 0.3) is 5.95 Å². The molecule has 0 aliphatic carbocycles. The molecule has 0 bridgehead atoms. The largest absolute Gasteiger partial charge is 0.488 e. The highest BCUT2D eigenvalue weighted by Crippen LogP contribution is 2.21. The molecule has 0 spiro atoms. The summed E-state index contributed by atoms with van der Waals surface area (Å²) in [5, 5.41) is 0. The molecule has 4 heteroatoms. The van der Waals surface area contributed by atoms with Crippen LogP contribution in [0.3, 0.4) is 0 Å². The molecule has 0 unspecified atom stereocenters. The molecule has 0 saturated carbocycles. The molecule has 1 aromatic rings. The molecule has 1 heterocycles. The van der Waals surface area contributed by atoms with E-state index >= 15 is 0 Å². The molecule has 0 fully saturated rings. The Morgan fingerprint density at radius 2 is 2.45 bits per heavy atom. The number of pyridine rings is 1. The lowest BCUT2D eigenvalue weighted by Gasteiger charge is -2.04. The van der Waals surface area contributed by atoms with Gasteiger partial charge in [0.2, 0.25) is 0 Å². The molecule has 2 nitrogen and oxygen atoms in total. The average Bonchev–Trinajstić information content (AvgIpc) is 1.97. The summed E-state index contributed by atoms with van der Waals surface area (Å²) in [4.78, 5) is 3.46. The lowest BCUT2D eigenvalue weighted by Crippen LogP contribution is -1.98. The van der Waals surface area contributed by atoms with Crippen molar-refractivity contribution < 1.29 is 9.13 Å². The van der Waals surface area contributed by atoms with E-state index < -0.39 is 5.95 Å². The lowest BCUT2D eigenvalue weighted by molar-refractivity contribution is 0.313. The maximum atomic E-state index is 12.8. The Hall–Kier alpha value is -0.390. The van der Waals surface area contributed by atoms with Crippen molar-refractivity contribution in [3.63, 3.8) is 0 Å². The van der Waals surface area contributed by atoms with Crippen LogP contribution in [0.5, 0.6) is 5.75 Å². The van der Waals surface area contributed by atoms with E-state index in [1.54, 1.807) is 6.07 Å². The number of rotatable bonds is 2. The first-order valence-electron chi connectivity index (χ1n) is 3.18. The molecule has 1 rings (SSSR count). The minimum Gasteiger partial charge on any atom is -0.488 e. The molecule has 0 atom stereocenters. The third-order valence-electron chi connectivity index (χ3n) is 1.10. The Balaban J connectivity index is 3.00. The van der Waals surface area contributed by atoms with E-state index in [-0.39, 0.29) is 5.75 Å². The van der Waals surface area contributed by atoms with Gasteiger partial charge in [0.1, 0.15) is 0 Å². The van der Waals surface area contributed by atoms with Crippen molar-refractivity contribution in [2.75, 3.05) is 6.61 Å². The van der Waals surface area contributed by atoms with Crippen LogP contribution in [0.25, 0.3) is 0 Å². The van der Waals surface area contributed by atoms with Gasteiger partial charge in [0, 0.05) is 6.20 Å². The summed E-state index contributed by atoms with van der Waals surface area (Å²) >= 11 is 2.00. The zero-order chi connectivity index (χ0) is 8.27. The Bertz CT molecular complexity index is 234. The number of halogens is 2. The molecule has 60 valence electrons. The summed E-state index contributed by atoms with van der Waals surface area (Å²) in [5.74, 6) is -0.297. The van der Waals surface area contributed by atoms with Crippen LogP contribution in [-0.2, 0) is 0 Å². The SMILES string of the molecule is CCOc1c(I)ccnc1F. The quantitative estimate of drug-likeness (QED) is 0.605. The van der Waals surface area contributed by atoms with Crippen LogP contribution in [0.1, 0.15) is 6.92 Å². The Labute approximate surface area is 77.9 Å². The van der Waals surface area contributed by atoms with E-state index in [1.165, 1.54) is 6.20 Å². The Morgan fingerprint density at radius 3 is 3.00 bits per heavy atom. The van der Waals surface area contributed by atoms with Crippen molar-refractivity contribution in [2.24, 2.45) is 0 Å². The predicted molar refractivity (Wildman–Crippen MR) is 48.1 cm³/mol. The van der Waals surface area contributed by atoms with Crippen LogP contribution in [0.2, 0.25) is 0 Å². The van der Waals surface area contributed by atoms with Gasteiger partial charge in [0.05, 0.1) is 10.2 Å². The smallest absolute Gasteiger partial charge is 0.256 e. The van der Waals surface area contributed by atoms with E-state index in [1.807, 2.05) is 29.5 Å². The lowest BCUT2D eigenvalue weighted by atomic mass is 10.4. The minimum atomic E-state index is -0.543. The normalized spacial score (nSPS) is 9.73. The van der Waals surface area contributed by atoms with E-state index in [0.717, 1.165) is 3.57 Å². The highest BCUT2D eigenvalue weighted by molar-refractivity contribution is 14.1. The highest BCUT2D eigenvalue weighted by Gasteiger charge is 2.06. The first-order chi connectivity index (χ1) is 5.25. The topological polar surface area (TPSA) is 22.1 Å². The van der Waals surface area contributed by atoms with Crippen LogP contribution < -0.4 is 4.74 Å². The first kappa shape index (κ1) is 8.70. The van der Waals surface area contributed by atoms with Crippen molar-refractivity contribution in [3.8, 4) is 5.75 Å². The molecule has 0 N–H and O–H groups in total. The summed E-state index contributed by atoms with van der Waals surface area (Å²) in [6.45, 7) is 2.27. The van der Waals surface area contributed by atoms with Gasteiger partial charge in [-0.25, -0.2) is 4.98 Å². The second kappa shape index (κ2) is 3.85. The standard InChI is InChI=1S/C7H7FINO/c1-2-11-6-5(9)3-4-10-7(6)8/h3-4H,2H2,1H3. The molecule has 11 heavy (non-hydrogen) atoms. The number of nitrogens with zero attached hydrogens (tertiary/aromatic N) is 1. The summed E-state index contributed by atoms with van der Waals surface area (Å²) in [7, 11) is 0. The van der Waals surface area contributed by atoms with Crippen LogP contribution in [0, 0.1) is 9.52 Å². The predicted octanol–water partition coefficient (Wildman–Crippen LogP) is 2.22. The third kappa shape index (κ3) is 2.02. The van der Waals surface area contributed by atoms with Crippen LogP contribution in [0.15, 0.2) is 12.3 Å².